The number of hydrogen-bond acceptors (Lipinski definition) is 3. The molecule has 0 bridgehead atoms. The van der Waals surface area contributed by atoms with E-state index in [1.54, 1.807) is 24.3 Å². The fraction of sp³-hybridized carbons (Fsp3) is 0.158. The summed E-state index contributed by atoms with van der Waals surface area (Å²) in [6.45, 7) is 2.57. The van der Waals surface area contributed by atoms with Crippen LogP contribution in [0.2, 0.25) is 0 Å². The first-order valence-corrected chi connectivity index (χ1v) is 7.28. The molecule has 3 nitrogen and oxygen atoms in total. The molecule has 0 spiro atoms. The van der Waals surface area contributed by atoms with Crippen LogP contribution in [0, 0.1) is 11.3 Å². The van der Waals surface area contributed by atoms with Gasteiger partial charge in [-0.1, -0.05) is 48.6 Å². The van der Waals surface area contributed by atoms with Crippen LogP contribution in [-0.2, 0) is 6.54 Å². The number of carbonyl (C=O) groups is 1. The Morgan fingerprint density at radius 1 is 1.00 bits per heavy atom. The minimum absolute atomic E-state index is 0.0834. The number of nitrogens with zero attached hydrogens (tertiary/aromatic N) is 2. The summed E-state index contributed by atoms with van der Waals surface area (Å²) in [4.78, 5) is 15.1. The lowest BCUT2D eigenvalue weighted by Gasteiger charge is -2.17. The van der Waals surface area contributed by atoms with Gasteiger partial charge in [0.25, 0.3) is 0 Å². The van der Waals surface area contributed by atoms with Crippen LogP contribution in [0.1, 0.15) is 27.0 Å². The summed E-state index contributed by atoms with van der Waals surface area (Å²) in [5.74, 6) is -0.0834. The Morgan fingerprint density at radius 3 is 2.36 bits per heavy atom. The van der Waals surface area contributed by atoms with Crippen LogP contribution in [0.4, 0.5) is 0 Å². The molecule has 0 fully saturated rings. The molecule has 0 radical (unpaired) electrons. The van der Waals surface area contributed by atoms with Crippen LogP contribution < -0.4 is 0 Å². The van der Waals surface area contributed by atoms with Gasteiger partial charge in [-0.3, -0.25) is 9.69 Å². The second-order valence-corrected chi connectivity index (χ2v) is 5.31. The van der Waals surface area contributed by atoms with Gasteiger partial charge in [-0.05, 0) is 17.7 Å². The minimum Gasteiger partial charge on any atom is -0.292 e. The van der Waals surface area contributed by atoms with Crippen molar-refractivity contribution in [2.24, 2.45) is 0 Å². The zero-order chi connectivity index (χ0) is 15.4. The van der Waals surface area contributed by atoms with Gasteiger partial charge in [0.1, 0.15) is 0 Å². The summed E-state index contributed by atoms with van der Waals surface area (Å²) in [6.07, 6.45) is 4.27. The second-order valence-electron chi connectivity index (χ2n) is 5.31. The predicted octanol–water partition coefficient (Wildman–Crippen LogP) is 3.16. The molecule has 2 aromatic rings. The van der Waals surface area contributed by atoms with Crippen LogP contribution in [0.25, 0.3) is 0 Å². The van der Waals surface area contributed by atoms with E-state index in [9.17, 15) is 10.1 Å². The highest BCUT2D eigenvalue weighted by Crippen LogP contribution is 2.19. The summed E-state index contributed by atoms with van der Waals surface area (Å²) < 4.78 is 0. The zero-order valence-electron chi connectivity index (χ0n) is 12.2. The van der Waals surface area contributed by atoms with Crippen LogP contribution in [-0.4, -0.2) is 23.8 Å². The molecule has 1 aliphatic rings. The smallest absolute Gasteiger partial charge is 0.194 e. The van der Waals surface area contributed by atoms with Gasteiger partial charge in [-0.25, -0.2) is 0 Å². The fourth-order valence-electron chi connectivity index (χ4n) is 2.70. The topological polar surface area (TPSA) is 44.1 Å². The predicted molar refractivity (Wildman–Crippen MR) is 85.4 cm³/mol. The highest BCUT2D eigenvalue weighted by molar-refractivity contribution is 6.11. The molecule has 0 amide bonds. The van der Waals surface area contributed by atoms with Gasteiger partial charge >= 0.3 is 0 Å². The minimum atomic E-state index is -0.0834. The zero-order valence-corrected chi connectivity index (χ0v) is 12.2. The average Bonchev–Trinajstić information content (AvgIpc) is 3.08. The standard InChI is InChI=1S/C19H16N2O/c20-13-15-7-1-3-9-17(15)19(22)18-10-4-2-8-16(18)14-21-11-5-6-12-21/h1-10H,11-12,14H2. The number of rotatable bonds is 4. The highest BCUT2D eigenvalue weighted by atomic mass is 16.1. The van der Waals surface area contributed by atoms with Gasteiger partial charge < -0.3 is 0 Å². The molecular formula is C19H16N2O. The van der Waals surface area contributed by atoms with Crippen molar-refractivity contribution in [1.82, 2.24) is 4.90 Å². The van der Waals surface area contributed by atoms with E-state index >= 15 is 0 Å². The average molecular weight is 288 g/mol. The van der Waals surface area contributed by atoms with Crippen molar-refractivity contribution in [1.29, 1.82) is 5.26 Å². The molecule has 0 atom stereocenters. The van der Waals surface area contributed by atoms with Gasteiger partial charge in [0.05, 0.1) is 11.6 Å². The number of hydrogen-bond donors (Lipinski definition) is 0. The number of ketones is 1. The third-order valence-corrected chi connectivity index (χ3v) is 3.84. The first kappa shape index (κ1) is 14.2. The molecule has 0 aromatic heterocycles. The van der Waals surface area contributed by atoms with Crippen molar-refractivity contribution >= 4 is 5.78 Å². The maximum atomic E-state index is 12.8. The van der Waals surface area contributed by atoms with Gasteiger partial charge in [0.15, 0.2) is 5.78 Å². The maximum Gasteiger partial charge on any atom is 0.194 e. The first-order valence-electron chi connectivity index (χ1n) is 7.28. The number of nitriles is 1. The summed E-state index contributed by atoms with van der Waals surface area (Å²) in [5.41, 5.74) is 2.57. The van der Waals surface area contributed by atoms with Crippen LogP contribution in [0.15, 0.2) is 60.7 Å². The molecular weight excluding hydrogens is 272 g/mol. The van der Waals surface area contributed by atoms with Crippen LogP contribution in [0.5, 0.6) is 0 Å². The number of carbonyl (C=O) groups excluding carboxylic acids is 1. The van der Waals surface area contributed by atoms with E-state index in [1.165, 1.54) is 0 Å². The molecule has 108 valence electrons. The molecule has 0 saturated heterocycles. The van der Waals surface area contributed by atoms with E-state index in [-0.39, 0.29) is 5.78 Å². The molecule has 0 unspecified atom stereocenters. The summed E-state index contributed by atoms with van der Waals surface area (Å²) in [5, 5.41) is 9.19. The van der Waals surface area contributed by atoms with Gasteiger partial charge in [0.2, 0.25) is 0 Å². The Balaban J connectivity index is 1.94. The quantitative estimate of drug-likeness (QED) is 0.641. The van der Waals surface area contributed by atoms with E-state index in [1.807, 2.05) is 24.3 Å². The molecule has 3 rings (SSSR count). The van der Waals surface area contributed by atoms with E-state index in [0.29, 0.717) is 16.7 Å². The monoisotopic (exact) mass is 288 g/mol. The third kappa shape index (κ3) is 2.83. The Hall–Kier alpha value is -2.70. The van der Waals surface area contributed by atoms with Crippen molar-refractivity contribution in [3.05, 3.63) is 82.9 Å². The lowest BCUT2D eigenvalue weighted by atomic mass is 9.95. The lowest BCUT2D eigenvalue weighted by Crippen LogP contribution is -2.21. The Kier molecular flexibility index (Phi) is 4.13. The Labute approximate surface area is 130 Å². The molecule has 0 aliphatic carbocycles. The van der Waals surface area contributed by atoms with Crippen molar-refractivity contribution < 1.29 is 4.79 Å². The Morgan fingerprint density at radius 2 is 1.64 bits per heavy atom. The van der Waals surface area contributed by atoms with Crippen molar-refractivity contribution in [2.75, 3.05) is 13.1 Å². The van der Waals surface area contributed by atoms with Gasteiger partial charge in [0, 0.05) is 30.8 Å². The largest absolute Gasteiger partial charge is 0.292 e. The third-order valence-electron chi connectivity index (χ3n) is 3.84. The molecule has 0 N–H and O–H groups in total. The molecule has 2 aromatic carbocycles. The second kappa shape index (κ2) is 6.38. The van der Waals surface area contributed by atoms with Gasteiger partial charge in [-0.15, -0.1) is 0 Å². The molecule has 0 saturated carbocycles. The number of benzene rings is 2. The summed E-state index contributed by atoms with van der Waals surface area (Å²) >= 11 is 0. The van der Waals surface area contributed by atoms with Gasteiger partial charge in [-0.2, -0.15) is 5.26 Å². The maximum absolute atomic E-state index is 12.8. The first-order chi connectivity index (χ1) is 10.8. The fourth-order valence-corrected chi connectivity index (χ4v) is 2.70. The SMILES string of the molecule is N#Cc1ccccc1C(=O)c1ccccc1CN1CC=CC1. The van der Waals surface area contributed by atoms with Crippen molar-refractivity contribution in [3.8, 4) is 6.07 Å². The summed E-state index contributed by atoms with van der Waals surface area (Å²) in [6, 6.07) is 16.7. The lowest BCUT2D eigenvalue weighted by molar-refractivity contribution is 0.103. The van der Waals surface area contributed by atoms with E-state index in [0.717, 1.165) is 25.2 Å². The van der Waals surface area contributed by atoms with Crippen molar-refractivity contribution in [2.45, 2.75) is 6.54 Å². The normalized spacial score (nSPS) is 14.0. The Bertz CT molecular complexity index is 763. The van der Waals surface area contributed by atoms with E-state index in [4.69, 9.17) is 0 Å². The van der Waals surface area contributed by atoms with Crippen molar-refractivity contribution in [3.63, 3.8) is 0 Å². The summed E-state index contributed by atoms with van der Waals surface area (Å²) in [7, 11) is 0. The molecule has 3 heteroatoms. The van der Waals surface area contributed by atoms with Crippen LogP contribution >= 0.6 is 0 Å². The van der Waals surface area contributed by atoms with Crippen LogP contribution in [0.3, 0.4) is 0 Å². The molecule has 1 heterocycles. The van der Waals surface area contributed by atoms with E-state index in [2.05, 4.69) is 23.1 Å². The highest BCUT2D eigenvalue weighted by Gasteiger charge is 2.18. The molecule has 22 heavy (non-hydrogen) atoms. The molecule has 1 aliphatic heterocycles. The van der Waals surface area contributed by atoms with E-state index < -0.39 is 0 Å².